The number of hydrogen-bond acceptors (Lipinski definition) is 4. The summed E-state index contributed by atoms with van der Waals surface area (Å²) in [6, 6.07) is -0.827. The zero-order chi connectivity index (χ0) is 18.2. The van der Waals surface area contributed by atoms with Gasteiger partial charge in [0.2, 0.25) is 11.8 Å². The largest absolute Gasteiger partial charge is 0.481 e. The Bertz CT molecular complexity index is 577. The van der Waals surface area contributed by atoms with E-state index in [1.807, 2.05) is 6.08 Å². The lowest BCUT2D eigenvalue weighted by molar-refractivity contribution is -0.137. The van der Waals surface area contributed by atoms with Gasteiger partial charge in [0, 0.05) is 13.1 Å². The van der Waals surface area contributed by atoms with Gasteiger partial charge in [-0.05, 0) is 44.3 Å². The Kier molecular flexibility index (Phi) is 7.02. The number of carbonyl (C=O) groups is 3. The summed E-state index contributed by atoms with van der Waals surface area (Å²) in [5.41, 5.74) is 0. The Morgan fingerprint density at radius 1 is 1.40 bits per heavy atom. The molecule has 25 heavy (non-hydrogen) atoms. The van der Waals surface area contributed by atoms with Gasteiger partial charge in [0.05, 0.1) is 12.3 Å². The number of carboxylic acid groups (broad SMARTS) is 1. The third kappa shape index (κ3) is 5.91. The Hall–Kier alpha value is -2.33. The number of hydrogen-bond donors (Lipinski definition) is 3. The molecule has 2 fully saturated rings. The highest BCUT2D eigenvalue weighted by Gasteiger charge is 2.29. The molecule has 0 unspecified atom stereocenters. The maximum absolute atomic E-state index is 12.3. The molecule has 2 rings (SSSR count). The maximum Gasteiger partial charge on any atom is 0.306 e. The maximum atomic E-state index is 12.3. The molecule has 2 aliphatic rings. The van der Waals surface area contributed by atoms with Crippen molar-refractivity contribution < 1.29 is 19.5 Å². The SMILES string of the molecule is C#C[C@H](CC(=O)O)NC(=O)[C@@H]1CCCN(C(=O)/C=C/CC2CNC2)C1. The van der Waals surface area contributed by atoms with E-state index in [-0.39, 0.29) is 24.2 Å². The zero-order valence-corrected chi connectivity index (χ0v) is 14.2. The normalized spacial score (nSPS) is 22.0. The number of nitrogens with zero attached hydrogens (tertiary/aromatic N) is 1. The fourth-order valence-corrected chi connectivity index (χ4v) is 2.99. The molecule has 0 saturated carbocycles. The second-order valence-corrected chi connectivity index (χ2v) is 6.61. The van der Waals surface area contributed by atoms with Crippen LogP contribution in [0.4, 0.5) is 0 Å². The smallest absolute Gasteiger partial charge is 0.306 e. The van der Waals surface area contributed by atoms with Gasteiger partial charge in [-0.1, -0.05) is 12.0 Å². The van der Waals surface area contributed by atoms with E-state index in [0.29, 0.717) is 25.4 Å². The van der Waals surface area contributed by atoms with Crippen LogP contribution in [0.5, 0.6) is 0 Å². The highest BCUT2D eigenvalue weighted by molar-refractivity contribution is 5.88. The van der Waals surface area contributed by atoms with Crippen molar-refractivity contribution in [2.24, 2.45) is 11.8 Å². The van der Waals surface area contributed by atoms with Gasteiger partial charge in [-0.25, -0.2) is 0 Å². The summed E-state index contributed by atoms with van der Waals surface area (Å²) in [4.78, 5) is 37.0. The molecule has 3 N–H and O–H groups in total. The van der Waals surface area contributed by atoms with E-state index < -0.39 is 12.0 Å². The lowest BCUT2D eigenvalue weighted by Gasteiger charge is -2.32. The number of piperidine rings is 1. The predicted octanol–water partition coefficient (Wildman–Crippen LogP) is -0.0166. The van der Waals surface area contributed by atoms with Crippen molar-refractivity contribution in [1.29, 1.82) is 0 Å². The van der Waals surface area contributed by atoms with Crippen LogP contribution < -0.4 is 10.6 Å². The van der Waals surface area contributed by atoms with E-state index in [9.17, 15) is 14.4 Å². The fraction of sp³-hybridized carbons (Fsp3) is 0.611. The van der Waals surface area contributed by atoms with E-state index in [0.717, 1.165) is 25.9 Å². The Balaban J connectivity index is 1.82. The van der Waals surface area contributed by atoms with E-state index >= 15 is 0 Å². The summed E-state index contributed by atoms with van der Waals surface area (Å²) < 4.78 is 0. The molecule has 0 aromatic rings. The van der Waals surface area contributed by atoms with Crippen LogP contribution in [0.25, 0.3) is 0 Å². The molecule has 0 aromatic carbocycles. The first-order valence-electron chi connectivity index (χ1n) is 8.64. The van der Waals surface area contributed by atoms with Crippen LogP contribution in [0, 0.1) is 24.2 Å². The van der Waals surface area contributed by atoms with E-state index in [2.05, 4.69) is 16.6 Å². The first-order chi connectivity index (χ1) is 12.0. The minimum Gasteiger partial charge on any atom is -0.481 e. The third-order valence-electron chi connectivity index (χ3n) is 4.60. The van der Waals surface area contributed by atoms with Gasteiger partial charge >= 0.3 is 5.97 Å². The monoisotopic (exact) mass is 347 g/mol. The number of likely N-dealkylation sites (tertiary alicyclic amines) is 1. The summed E-state index contributed by atoms with van der Waals surface area (Å²) in [5, 5.41) is 14.6. The molecule has 2 aliphatic heterocycles. The van der Waals surface area contributed by atoms with Gasteiger partial charge < -0.3 is 20.6 Å². The van der Waals surface area contributed by atoms with E-state index in [1.165, 1.54) is 0 Å². The minimum absolute atomic E-state index is 0.0798. The summed E-state index contributed by atoms with van der Waals surface area (Å²) in [7, 11) is 0. The molecule has 0 aliphatic carbocycles. The Morgan fingerprint density at radius 3 is 2.76 bits per heavy atom. The molecule has 2 atom stereocenters. The van der Waals surface area contributed by atoms with E-state index in [1.54, 1.807) is 11.0 Å². The number of allylic oxidation sites excluding steroid dienone is 1. The van der Waals surface area contributed by atoms with Crippen molar-refractivity contribution in [3.63, 3.8) is 0 Å². The van der Waals surface area contributed by atoms with Gasteiger partial charge in [0.15, 0.2) is 0 Å². The summed E-state index contributed by atoms with van der Waals surface area (Å²) in [6.45, 7) is 2.96. The molecule has 7 heteroatoms. The minimum atomic E-state index is -1.06. The lowest BCUT2D eigenvalue weighted by atomic mass is 9.96. The second kappa shape index (κ2) is 9.23. The number of aliphatic carboxylic acids is 1. The van der Waals surface area contributed by atoms with Crippen LogP contribution in [0.15, 0.2) is 12.2 Å². The van der Waals surface area contributed by atoms with Crippen LogP contribution in [-0.2, 0) is 14.4 Å². The Labute approximate surface area is 147 Å². The van der Waals surface area contributed by atoms with Crippen LogP contribution in [-0.4, -0.2) is 60.0 Å². The van der Waals surface area contributed by atoms with Gasteiger partial charge in [-0.2, -0.15) is 0 Å². The zero-order valence-electron chi connectivity index (χ0n) is 14.2. The van der Waals surface area contributed by atoms with Crippen molar-refractivity contribution in [1.82, 2.24) is 15.5 Å². The van der Waals surface area contributed by atoms with Crippen molar-refractivity contribution in [2.75, 3.05) is 26.2 Å². The number of rotatable bonds is 7. The number of terminal acetylenes is 1. The summed E-state index contributed by atoms with van der Waals surface area (Å²) in [5.74, 6) is 1.11. The average Bonchev–Trinajstić information content (AvgIpc) is 2.55. The number of carboxylic acids is 1. The molecule has 2 heterocycles. The average molecular weight is 347 g/mol. The van der Waals surface area contributed by atoms with Crippen LogP contribution in [0.1, 0.15) is 25.7 Å². The van der Waals surface area contributed by atoms with Gasteiger partial charge in [0.1, 0.15) is 6.04 Å². The molecule has 2 saturated heterocycles. The first kappa shape index (κ1) is 19.0. The standard InChI is InChI=1S/C18H25N3O4/c1-2-15(9-17(23)24)20-18(25)14-6-4-8-21(12-14)16(22)7-3-5-13-10-19-11-13/h1,3,7,13-15,19H,4-6,8-12H2,(H,20,25)(H,23,24)/b7-3+/t14-,15-/m1/s1. The van der Waals surface area contributed by atoms with Gasteiger partial charge in [0.25, 0.3) is 0 Å². The number of nitrogens with one attached hydrogen (secondary N) is 2. The van der Waals surface area contributed by atoms with Crippen molar-refractivity contribution in [2.45, 2.75) is 31.7 Å². The van der Waals surface area contributed by atoms with E-state index in [4.69, 9.17) is 11.5 Å². The summed E-state index contributed by atoms with van der Waals surface area (Å²) >= 11 is 0. The summed E-state index contributed by atoms with van der Waals surface area (Å²) in [6.07, 6.45) is 10.7. The van der Waals surface area contributed by atoms with Crippen LogP contribution in [0.3, 0.4) is 0 Å². The van der Waals surface area contributed by atoms with Crippen molar-refractivity contribution in [3.8, 4) is 12.3 Å². The van der Waals surface area contributed by atoms with Crippen molar-refractivity contribution >= 4 is 17.8 Å². The van der Waals surface area contributed by atoms with Crippen LogP contribution in [0.2, 0.25) is 0 Å². The molecule has 2 amide bonds. The number of amides is 2. The molecular formula is C18H25N3O4. The molecule has 0 bridgehead atoms. The highest BCUT2D eigenvalue weighted by atomic mass is 16.4. The van der Waals surface area contributed by atoms with Gasteiger partial charge in [-0.15, -0.1) is 6.42 Å². The predicted molar refractivity (Wildman–Crippen MR) is 92.4 cm³/mol. The number of carbonyl (C=O) groups excluding carboxylic acids is 2. The van der Waals surface area contributed by atoms with Crippen LogP contribution >= 0.6 is 0 Å². The van der Waals surface area contributed by atoms with Crippen molar-refractivity contribution in [3.05, 3.63) is 12.2 Å². The molecule has 136 valence electrons. The quantitative estimate of drug-likeness (QED) is 0.444. The second-order valence-electron chi connectivity index (χ2n) is 6.61. The van der Waals surface area contributed by atoms with Gasteiger partial charge in [-0.3, -0.25) is 14.4 Å². The molecule has 7 nitrogen and oxygen atoms in total. The topological polar surface area (TPSA) is 98.7 Å². The first-order valence-corrected chi connectivity index (χ1v) is 8.64. The lowest BCUT2D eigenvalue weighted by Crippen LogP contribution is -2.47. The molecule has 0 aromatic heterocycles. The Morgan fingerprint density at radius 2 is 2.16 bits per heavy atom. The third-order valence-corrected chi connectivity index (χ3v) is 4.60. The molecule has 0 radical (unpaired) electrons. The fourth-order valence-electron chi connectivity index (χ4n) is 2.99. The molecular weight excluding hydrogens is 322 g/mol. The highest BCUT2D eigenvalue weighted by Crippen LogP contribution is 2.18. The molecule has 0 spiro atoms.